The molecule has 0 aromatic heterocycles. The van der Waals surface area contributed by atoms with E-state index in [4.69, 9.17) is 0 Å². The van der Waals surface area contributed by atoms with Crippen molar-refractivity contribution in [2.75, 3.05) is 40.0 Å². The first-order valence-corrected chi connectivity index (χ1v) is 9.53. The van der Waals surface area contributed by atoms with E-state index in [1.807, 2.05) is 0 Å². The number of likely N-dealkylation sites (tertiary alicyclic amines) is 1. The summed E-state index contributed by atoms with van der Waals surface area (Å²) in [6.07, 6.45) is 3.97. The van der Waals surface area contributed by atoms with Gasteiger partial charge < -0.3 is 9.80 Å². The van der Waals surface area contributed by atoms with Gasteiger partial charge in [-0.15, -0.1) is 0 Å². The number of nitrogens with zero attached hydrogens (tertiary/aromatic N) is 3. The van der Waals surface area contributed by atoms with Crippen LogP contribution in [-0.2, 0) is 19.6 Å². The highest BCUT2D eigenvalue weighted by atomic mass is 32.2. The van der Waals surface area contributed by atoms with E-state index in [2.05, 4.69) is 0 Å². The molecule has 2 aliphatic heterocycles. The summed E-state index contributed by atoms with van der Waals surface area (Å²) in [6, 6.07) is -0.594. The number of rotatable bonds is 3. The van der Waals surface area contributed by atoms with Crippen LogP contribution in [0.1, 0.15) is 25.7 Å². The third-order valence-electron chi connectivity index (χ3n) is 4.44. The highest BCUT2D eigenvalue weighted by molar-refractivity contribution is 7.88. The Labute approximate surface area is 132 Å². The summed E-state index contributed by atoms with van der Waals surface area (Å²) in [5, 5.41) is 0. The highest BCUT2D eigenvalue weighted by Crippen LogP contribution is 2.25. The first-order valence-electron chi connectivity index (χ1n) is 7.68. The van der Waals surface area contributed by atoms with E-state index in [1.165, 1.54) is 4.31 Å². The Balaban J connectivity index is 2.07. The molecule has 0 aliphatic carbocycles. The summed E-state index contributed by atoms with van der Waals surface area (Å²) in [5.74, 6) is -0.302. The second kappa shape index (κ2) is 6.54. The van der Waals surface area contributed by atoms with Crippen molar-refractivity contribution < 1.29 is 18.0 Å². The normalized spacial score (nSPS) is 27.0. The number of carbonyl (C=O) groups excluding carboxylic acids is 2. The molecule has 0 radical (unpaired) electrons. The van der Waals surface area contributed by atoms with Crippen LogP contribution >= 0.6 is 0 Å². The molecule has 0 spiro atoms. The van der Waals surface area contributed by atoms with Gasteiger partial charge in [0.05, 0.1) is 12.2 Å². The average Bonchev–Trinajstić information content (AvgIpc) is 2.95. The smallest absolute Gasteiger partial charge is 0.241 e. The van der Waals surface area contributed by atoms with Crippen LogP contribution in [0.4, 0.5) is 0 Å². The molecular formula is C14H25N3O4S. The van der Waals surface area contributed by atoms with Gasteiger partial charge in [-0.1, -0.05) is 0 Å². The molecule has 2 atom stereocenters. The Hall–Kier alpha value is -1.15. The van der Waals surface area contributed by atoms with Crippen LogP contribution in [0.3, 0.4) is 0 Å². The molecular weight excluding hydrogens is 306 g/mol. The van der Waals surface area contributed by atoms with Crippen molar-refractivity contribution in [1.82, 2.24) is 14.1 Å². The minimum Gasteiger partial charge on any atom is -0.349 e. The highest BCUT2D eigenvalue weighted by Gasteiger charge is 2.40. The number of piperidine rings is 1. The van der Waals surface area contributed by atoms with Crippen molar-refractivity contribution in [2.24, 2.45) is 5.92 Å². The van der Waals surface area contributed by atoms with Gasteiger partial charge in [-0.05, 0) is 25.7 Å². The van der Waals surface area contributed by atoms with E-state index < -0.39 is 16.1 Å². The molecule has 2 amide bonds. The van der Waals surface area contributed by atoms with Crippen LogP contribution in [0.15, 0.2) is 0 Å². The molecule has 22 heavy (non-hydrogen) atoms. The maximum Gasteiger partial charge on any atom is 0.241 e. The number of carbonyl (C=O) groups is 2. The molecule has 2 aliphatic rings. The largest absolute Gasteiger partial charge is 0.349 e. The molecule has 2 fully saturated rings. The Morgan fingerprint density at radius 1 is 1.09 bits per heavy atom. The standard InChI is InChI=1S/C14H25N3O4S/c1-15(2)13(18)11-6-4-8-16(10-11)14(19)12-7-5-9-17(12)22(3,20)21/h11-12H,4-10H2,1-3H3. The van der Waals surface area contributed by atoms with Gasteiger partial charge in [0.1, 0.15) is 6.04 Å². The molecule has 0 N–H and O–H groups in total. The third-order valence-corrected chi connectivity index (χ3v) is 5.73. The van der Waals surface area contributed by atoms with E-state index >= 15 is 0 Å². The van der Waals surface area contributed by atoms with Gasteiger partial charge in [0.2, 0.25) is 21.8 Å². The molecule has 2 rings (SSSR count). The van der Waals surface area contributed by atoms with Crippen molar-refractivity contribution in [3.8, 4) is 0 Å². The molecule has 0 aromatic carbocycles. The molecule has 0 bridgehead atoms. The van der Waals surface area contributed by atoms with Crippen molar-refractivity contribution >= 4 is 21.8 Å². The van der Waals surface area contributed by atoms with Crippen LogP contribution in [-0.4, -0.2) is 80.4 Å². The summed E-state index contributed by atoms with van der Waals surface area (Å²) < 4.78 is 24.9. The fourth-order valence-electron chi connectivity index (χ4n) is 3.34. The quantitative estimate of drug-likeness (QED) is 0.714. The van der Waals surface area contributed by atoms with Gasteiger partial charge in [0, 0.05) is 33.7 Å². The summed E-state index contributed by atoms with van der Waals surface area (Å²) in [5.41, 5.74) is 0. The zero-order valence-electron chi connectivity index (χ0n) is 13.5. The Kier molecular flexibility index (Phi) is 5.11. The monoisotopic (exact) mass is 331 g/mol. The second-order valence-corrected chi connectivity index (χ2v) is 8.32. The third kappa shape index (κ3) is 3.60. The van der Waals surface area contributed by atoms with Crippen LogP contribution < -0.4 is 0 Å². The molecule has 0 saturated carbocycles. The minimum atomic E-state index is -3.37. The first kappa shape index (κ1) is 17.2. The lowest BCUT2D eigenvalue weighted by Gasteiger charge is -2.35. The Morgan fingerprint density at radius 2 is 1.73 bits per heavy atom. The zero-order valence-corrected chi connectivity index (χ0v) is 14.3. The van der Waals surface area contributed by atoms with E-state index in [1.54, 1.807) is 23.9 Å². The van der Waals surface area contributed by atoms with E-state index in [0.717, 1.165) is 19.1 Å². The second-order valence-electron chi connectivity index (χ2n) is 6.39. The molecule has 2 unspecified atom stereocenters. The molecule has 7 nitrogen and oxygen atoms in total. The van der Waals surface area contributed by atoms with Gasteiger partial charge in [-0.25, -0.2) is 8.42 Å². The van der Waals surface area contributed by atoms with Crippen LogP contribution in [0.5, 0.6) is 0 Å². The van der Waals surface area contributed by atoms with Crippen LogP contribution in [0.25, 0.3) is 0 Å². The maximum atomic E-state index is 12.7. The average molecular weight is 331 g/mol. The lowest BCUT2D eigenvalue weighted by molar-refractivity contribution is -0.141. The van der Waals surface area contributed by atoms with Crippen molar-refractivity contribution in [1.29, 1.82) is 0 Å². The van der Waals surface area contributed by atoms with E-state index in [-0.39, 0.29) is 17.7 Å². The molecule has 0 aromatic rings. The summed E-state index contributed by atoms with van der Waals surface area (Å²) in [4.78, 5) is 28.0. The molecule has 8 heteroatoms. The number of amides is 2. The van der Waals surface area contributed by atoms with Gasteiger partial charge in [-0.3, -0.25) is 9.59 Å². The Bertz CT molecular complexity index is 546. The number of hydrogen-bond acceptors (Lipinski definition) is 4. The van der Waals surface area contributed by atoms with Crippen LogP contribution in [0, 0.1) is 5.92 Å². The summed E-state index contributed by atoms with van der Waals surface area (Å²) >= 11 is 0. The zero-order chi connectivity index (χ0) is 16.5. The number of sulfonamides is 1. The maximum absolute atomic E-state index is 12.7. The van der Waals surface area contributed by atoms with Crippen molar-refractivity contribution in [3.63, 3.8) is 0 Å². The summed E-state index contributed by atoms with van der Waals surface area (Å²) in [6.45, 7) is 1.40. The predicted molar refractivity (Wildman–Crippen MR) is 82.6 cm³/mol. The fraction of sp³-hybridized carbons (Fsp3) is 0.857. The Morgan fingerprint density at radius 3 is 2.32 bits per heavy atom. The lowest BCUT2D eigenvalue weighted by Crippen LogP contribution is -2.52. The van der Waals surface area contributed by atoms with Crippen LogP contribution in [0.2, 0.25) is 0 Å². The van der Waals surface area contributed by atoms with E-state index in [0.29, 0.717) is 32.5 Å². The van der Waals surface area contributed by atoms with Crippen molar-refractivity contribution in [3.05, 3.63) is 0 Å². The van der Waals surface area contributed by atoms with Gasteiger partial charge >= 0.3 is 0 Å². The first-order chi connectivity index (χ1) is 10.2. The van der Waals surface area contributed by atoms with Gasteiger partial charge in [-0.2, -0.15) is 4.31 Å². The SMILES string of the molecule is CN(C)C(=O)C1CCCN(C(=O)C2CCCN2S(C)(=O)=O)C1. The molecule has 2 heterocycles. The van der Waals surface area contributed by atoms with Gasteiger partial charge in [0.15, 0.2) is 0 Å². The minimum absolute atomic E-state index is 0.0314. The van der Waals surface area contributed by atoms with Gasteiger partial charge in [0.25, 0.3) is 0 Å². The van der Waals surface area contributed by atoms with E-state index in [9.17, 15) is 18.0 Å². The summed E-state index contributed by atoms with van der Waals surface area (Å²) in [7, 11) is 0.0595. The number of hydrogen-bond donors (Lipinski definition) is 0. The molecule has 2 saturated heterocycles. The lowest BCUT2D eigenvalue weighted by atomic mass is 9.96. The molecule has 126 valence electrons. The fourth-order valence-corrected chi connectivity index (χ4v) is 4.46. The topological polar surface area (TPSA) is 78.0 Å². The predicted octanol–water partition coefficient (Wildman–Crippen LogP) is -0.263. The van der Waals surface area contributed by atoms with Crippen molar-refractivity contribution in [2.45, 2.75) is 31.7 Å².